The highest BCUT2D eigenvalue weighted by Gasteiger charge is 2.24. The molecule has 0 aliphatic heterocycles. The molecule has 4 nitrogen and oxygen atoms in total. The summed E-state index contributed by atoms with van der Waals surface area (Å²) >= 11 is 0. The predicted octanol–water partition coefficient (Wildman–Crippen LogP) is 0.911. The van der Waals surface area contributed by atoms with E-state index in [0.717, 1.165) is 11.1 Å². The topological polar surface area (TPSA) is 83.5 Å². The number of carboxylic acids is 1. The number of nitrogens with two attached hydrogens (primary N) is 1. The highest BCUT2D eigenvalue weighted by atomic mass is 16.4. The number of carbonyl (C=O) groups is 1. The van der Waals surface area contributed by atoms with Crippen molar-refractivity contribution in [2.75, 3.05) is 6.61 Å². The van der Waals surface area contributed by atoms with Gasteiger partial charge in [0.2, 0.25) is 0 Å². The average Bonchev–Trinajstić information content (AvgIpc) is 2.29. The molecule has 0 aromatic heterocycles. The van der Waals surface area contributed by atoms with Crippen molar-refractivity contribution in [2.45, 2.75) is 31.7 Å². The quantitative estimate of drug-likeness (QED) is 0.710. The highest BCUT2D eigenvalue weighted by molar-refractivity contribution is 5.73. The van der Waals surface area contributed by atoms with Crippen LogP contribution in [0.3, 0.4) is 0 Å². The van der Waals surface area contributed by atoms with Crippen LogP contribution in [0.15, 0.2) is 24.3 Å². The Hall–Kier alpha value is -1.39. The van der Waals surface area contributed by atoms with Crippen LogP contribution in [0, 0.1) is 0 Å². The molecule has 0 bridgehead atoms. The number of carboxylic acid groups (broad SMARTS) is 1. The summed E-state index contributed by atoms with van der Waals surface area (Å²) in [6.45, 7) is 3.84. The van der Waals surface area contributed by atoms with Crippen LogP contribution >= 0.6 is 0 Å². The summed E-state index contributed by atoms with van der Waals surface area (Å²) in [5, 5.41) is 18.2. The van der Waals surface area contributed by atoms with E-state index >= 15 is 0 Å². The normalized spacial score (nSPS) is 13.4. The van der Waals surface area contributed by atoms with E-state index in [-0.39, 0.29) is 13.0 Å². The summed E-state index contributed by atoms with van der Waals surface area (Å²) in [5.41, 5.74) is 6.97. The predicted molar refractivity (Wildman–Crippen MR) is 65.9 cm³/mol. The number of hydrogen-bond acceptors (Lipinski definition) is 3. The van der Waals surface area contributed by atoms with E-state index in [4.69, 9.17) is 10.8 Å². The van der Waals surface area contributed by atoms with E-state index in [9.17, 15) is 9.90 Å². The van der Waals surface area contributed by atoms with Crippen molar-refractivity contribution in [3.63, 3.8) is 0 Å². The van der Waals surface area contributed by atoms with Crippen LogP contribution in [0.5, 0.6) is 0 Å². The number of rotatable bonds is 5. The molecular weight excluding hydrogens is 218 g/mol. The summed E-state index contributed by atoms with van der Waals surface area (Å²) in [4.78, 5) is 10.8. The van der Waals surface area contributed by atoms with Gasteiger partial charge in [-0.3, -0.25) is 4.79 Å². The molecule has 0 heterocycles. The van der Waals surface area contributed by atoms with E-state index in [0.29, 0.717) is 0 Å². The van der Waals surface area contributed by atoms with Gasteiger partial charge >= 0.3 is 5.97 Å². The van der Waals surface area contributed by atoms with E-state index in [1.54, 1.807) is 0 Å². The zero-order valence-electron chi connectivity index (χ0n) is 10.2. The fraction of sp³-hybridized carbons (Fsp3) is 0.462. The summed E-state index contributed by atoms with van der Waals surface area (Å²) in [5.74, 6) is -1.01. The maximum absolute atomic E-state index is 10.8. The SMILES string of the molecule is CC(C)(CO)c1ccccc1CC(N)C(=O)O. The fourth-order valence-corrected chi connectivity index (χ4v) is 1.77. The fourth-order valence-electron chi connectivity index (χ4n) is 1.77. The van der Waals surface area contributed by atoms with Crippen molar-refractivity contribution in [3.05, 3.63) is 35.4 Å². The van der Waals surface area contributed by atoms with Crippen molar-refractivity contribution in [2.24, 2.45) is 5.73 Å². The van der Waals surface area contributed by atoms with Crippen molar-refractivity contribution in [1.29, 1.82) is 0 Å². The van der Waals surface area contributed by atoms with Gasteiger partial charge in [0, 0.05) is 5.41 Å². The second kappa shape index (κ2) is 5.29. The van der Waals surface area contributed by atoms with E-state index in [1.165, 1.54) is 0 Å². The number of benzene rings is 1. The maximum Gasteiger partial charge on any atom is 0.320 e. The van der Waals surface area contributed by atoms with Gasteiger partial charge in [0.25, 0.3) is 0 Å². The Labute approximate surface area is 101 Å². The van der Waals surface area contributed by atoms with Crippen LogP contribution in [0.2, 0.25) is 0 Å². The molecule has 4 N–H and O–H groups in total. The first-order chi connectivity index (χ1) is 7.88. The lowest BCUT2D eigenvalue weighted by Gasteiger charge is -2.26. The molecule has 0 spiro atoms. The Morgan fingerprint density at radius 3 is 2.53 bits per heavy atom. The Kier molecular flexibility index (Phi) is 4.26. The van der Waals surface area contributed by atoms with Crippen LogP contribution in [0.25, 0.3) is 0 Å². The van der Waals surface area contributed by atoms with Gasteiger partial charge in [-0.2, -0.15) is 0 Å². The second-order valence-electron chi connectivity index (χ2n) is 4.85. The Morgan fingerprint density at radius 2 is 2.00 bits per heavy atom. The third kappa shape index (κ3) is 3.28. The van der Waals surface area contributed by atoms with Gasteiger partial charge in [0.05, 0.1) is 6.61 Å². The molecule has 0 aliphatic carbocycles. The van der Waals surface area contributed by atoms with Crippen LogP contribution < -0.4 is 5.73 Å². The second-order valence-corrected chi connectivity index (χ2v) is 4.85. The monoisotopic (exact) mass is 237 g/mol. The number of aliphatic hydroxyl groups excluding tert-OH is 1. The minimum atomic E-state index is -1.01. The maximum atomic E-state index is 10.8. The minimum absolute atomic E-state index is 0.00627. The van der Waals surface area contributed by atoms with Crippen molar-refractivity contribution < 1.29 is 15.0 Å². The number of hydrogen-bond donors (Lipinski definition) is 3. The van der Waals surface area contributed by atoms with Crippen LogP contribution in [0.1, 0.15) is 25.0 Å². The Bertz CT molecular complexity index is 401. The van der Waals surface area contributed by atoms with E-state index < -0.39 is 17.4 Å². The smallest absolute Gasteiger partial charge is 0.320 e. The first-order valence-corrected chi connectivity index (χ1v) is 5.56. The zero-order chi connectivity index (χ0) is 13.1. The molecule has 17 heavy (non-hydrogen) atoms. The lowest BCUT2D eigenvalue weighted by Crippen LogP contribution is -2.34. The van der Waals surface area contributed by atoms with Gasteiger partial charge in [-0.15, -0.1) is 0 Å². The summed E-state index contributed by atoms with van der Waals surface area (Å²) in [7, 11) is 0. The van der Waals surface area contributed by atoms with Gasteiger partial charge in [0.15, 0.2) is 0 Å². The van der Waals surface area contributed by atoms with Crippen LogP contribution in [-0.2, 0) is 16.6 Å². The molecule has 4 heteroatoms. The molecule has 94 valence electrons. The van der Waals surface area contributed by atoms with Crippen LogP contribution in [0.4, 0.5) is 0 Å². The largest absolute Gasteiger partial charge is 0.480 e. The van der Waals surface area contributed by atoms with Gasteiger partial charge in [-0.05, 0) is 17.5 Å². The number of aliphatic hydroxyl groups is 1. The first kappa shape index (κ1) is 13.7. The molecule has 0 saturated carbocycles. The molecule has 1 atom stereocenters. The molecule has 0 radical (unpaired) electrons. The first-order valence-electron chi connectivity index (χ1n) is 5.56. The lowest BCUT2D eigenvalue weighted by atomic mass is 9.81. The molecule has 0 fully saturated rings. The van der Waals surface area contributed by atoms with Crippen LogP contribution in [-0.4, -0.2) is 28.8 Å². The molecule has 1 unspecified atom stereocenters. The van der Waals surface area contributed by atoms with Gasteiger partial charge in [-0.1, -0.05) is 38.1 Å². The summed E-state index contributed by atoms with van der Waals surface area (Å²) < 4.78 is 0. The molecule has 1 aromatic rings. The molecule has 1 rings (SSSR count). The highest BCUT2D eigenvalue weighted by Crippen LogP contribution is 2.26. The summed E-state index contributed by atoms with van der Waals surface area (Å²) in [6.07, 6.45) is 0.273. The third-order valence-electron chi connectivity index (χ3n) is 2.90. The Balaban J connectivity index is 3.04. The van der Waals surface area contributed by atoms with Gasteiger partial charge in [-0.25, -0.2) is 0 Å². The minimum Gasteiger partial charge on any atom is -0.480 e. The van der Waals surface area contributed by atoms with Crippen molar-refractivity contribution in [3.8, 4) is 0 Å². The van der Waals surface area contributed by atoms with E-state index in [1.807, 2.05) is 38.1 Å². The summed E-state index contributed by atoms with van der Waals surface area (Å²) in [6, 6.07) is 6.57. The zero-order valence-corrected chi connectivity index (χ0v) is 10.2. The standard InChI is InChI=1S/C13H19NO3/c1-13(2,8-15)10-6-4-3-5-9(10)7-11(14)12(16)17/h3-6,11,15H,7-8,14H2,1-2H3,(H,16,17). The van der Waals surface area contributed by atoms with Gasteiger partial charge in [0.1, 0.15) is 6.04 Å². The molecule has 0 aliphatic rings. The number of aliphatic carboxylic acids is 1. The molecule has 0 amide bonds. The molecular formula is C13H19NO3. The Morgan fingerprint density at radius 1 is 1.41 bits per heavy atom. The molecule has 1 aromatic carbocycles. The third-order valence-corrected chi connectivity index (χ3v) is 2.90. The molecule has 0 saturated heterocycles. The average molecular weight is 237 g/mol. The van der Waals surface area contributed by atoms with Crippen molar-refractivity contribution >= 4 is 5.97 Å². The lowest BCUT2D eigenvalue weighted by molar-refractivity contribution is -0.138. The van der Waals surface area contributed by atoms with Crippen molar-refractivity contribution in [1.82, 2.24) is 0 Å². The van der Waals surface area contributed by atoms with Gasteiger partial charge < -0.3 is 15.9 Å². The van der Waals surface area contributed by atoms with E-state index in [2.05, 4.69) is 0 Å².